The number of imidazole rings is 1. The van der Waals surface area contributed by atoms with E-state index >= 15 is 38.4 Å². The molecule has 43 nitrogen and oxygen atoms in total. The van der Waals surface area contributed by atoms with Crippen LogP contribution in [0.5, 0.6) is 5.75 Å². The molecule has 0 saturated carbocycles. The molecule has 0 bridgehead atoms. The number of aromatic amines is 3. The molecule has 5 heterocycles. The van der Waals surface area contributed by atoms with Crippen molar-refractivity contribution in [2.75, 3.05) is 112 Å². The van der Waals surface area contributed by atoms with Gasteiger partial charge in [-0.05, 0) is 89.8 Å². The molecular weight excluding hydrogens is 1850 g/mol. The van der Waals surface area contributed by atoms with Gasteiger partial charge in [0.1, 0.15) is 60.1 Å². The largest absolute Gasteiger partial charge is 0.496 e. The molecule has 0 radical (unpaired) electrons. The molecular formula is C101H124N24O19. The minimum Gasteiger partial charge on any atom is -0.496 e. The van der Waals surface area contributed by atoms with Crippen molar-refractivity contribution >= 4 is 127 Å². The third-order valence-electron chi connectivity index (χ3n) is 25.2. The summed E-state index contributed by atoms with van der Waals surface area (Å²) in [5.74, 6) is -12.8. The number of guanidine groups is 2. The van der Waals surface area contributed by atoms with Gasteiger partial charge in [0.05, 0.1) is 46.2 Å². The summed E-state index contributed by atoms with van der Waals surface area (Å²) in [7, 11) is 1.51. The molecule has 12 rings (SSSR count). The number of nitrogens with one attached hydrogen (secondary N) is 16. The Morgan fingerprint density at radius 2 is 0.868 bits per heavy atom. The minimum atomic E-state index is -1.94. The molecule has 43 heteroatoms. The number of methoxy groups -OCH3 is 1. The first-order valence-corrected chi connectivity index (χ1v) is 47.6. The van der Waals surface area contributed by atoms with Gasteiger partial charge in [-0.3, -0.25) is 97.5 Å². The topological polar surface area (TPSA) is 638 Å². The van der Waals surface area contributed by atoms with Crippen molar-refractivity contribution in [3.8, 4) is 5.75 Å². The lowest BCUT2D eigenvalue weighted by Gasteiger charge is -2.33. The van der Waals surface area contributed by atoms with Gasteiger partial charge in [-0.2, -0.15) is 0 Å². The monoisotopic (exact) mass is 1980 g/mol. The van der Waals surface area contributed by atoms with Crippen LogP contribution >= 0.6 is 0 Å². The second-order valence-electron chi connectivity index (χ2n) is 35.6. The number of carboxylic acid groups (broad SMARTS) is 3. The van der Waals surface area contributed by atoms with E-state index in [2.05, 4.69) is 78.4 Å². The fourth-order valence-electron chi connectivity index (χ4n) is 17.7. The van der Waals surface area contributed by atoms with E-state index in [4.69, 9.17) is 27.0 Å². The summed E-state index contributed by atoms with van der Waals surface area (Å²) in [5, 5.41) is 90.2. The van der Waals surface area contributed by atoms with Crippen LogP contribution in [0.4, 0.5) is 0 Å². The van der Waals surface area contributed by atoms with Crippen molar-refractivity contribution in [2.45, 2.75) is 132 Å². The zero-order valence-corrected chi connectivity index (χ0v) is 79.7. The van der Waals surface area contributed by atoms with Crippen LogP contribution < -0.4 is 74.7 Å². The molecule has 144 heavy (non-hydrogen) atoms. The van der Waals surface area contributed by atoms with E-state index in [1.54, 1.807) is 165 Å². The van der Waals surface area contributed by atoms with Gasteiger partial charge in [0, 0.05) is 173 Å². The number of carbonyl (C=O) groups excluding carboxylic acids is 11. The maximum atomic E-state index is 15.7. The van der Waals surface area contributed by atoms with Gasteiger partial charge in [-0.15, -0.1) is 0 Å². The first-order valence-electron chi connectivity index (χ1n) is 47.6. The molecule has 0 spiro atoms. The van der Waals surface area contributed by atoms with Crippen molar-refractivity contribution in [3.63, 3.8) is 0 Å². The summed E-state index contributed by atoms with van der Waals surface area (Å²) in [6.07, 6.45) is 4.92. The van der Waals surface area contributed by atoms with Gasteiger partial charge in [0.15, 0.2) is 17.7 Å². The number of aliphatic carboxylic acids is 3. The van der Waals surface area contributed by atoms with Crippen LogP contribution in [0, 0.1) is 10.8 Å². The van der Waals surface area contributed by atoms with Crippen molar-refractivity contribution < 1.29 is 92.3 Å². The second kappa shape index (κ2) is 53.0. The molecule has 0 aliphatic carbocycles. The zero-order valence-electron chi connectivity index (χ0n) is 79.7. The number of amides is 10. The molecule has 2 saturated heterocycles. The van der Waals surface area contributed by atoms with Crippen LogP contribution in [0.1, 0.15) is 88.0 Å². The molecule has 24 N–H and O–H groups in total. The molecule has 2 aliphatic heterocycles. The molecule has 7 aromatic carbocycles. The number of nitrogens with two attached hydrogens (primary N) is 2. The summed E-state index contributed by atoms with van der Waals surface area (Å²) in [6.45, 7) is -2.03. The lowest BCUT2D eigenvalue weighted by molar-refractivity contribution is -0.142. The quantitative estimate of drug-likeness (QED) is 0.0107. The van der Waals surface area contributed by atoms with Crippen molar-refractivity contribution in [3.05, 3.63) is 239 Å². The molecule has 10 aromatic rings. The zero-order chi connectivity index (χ0) is 103. The van der Waals surface area contributed by atoms with Gasteiger partial charge < -0.3 is 115 Å². The van der Waals surface area contributed by atoms with E-state index in [0.29, 0.717) is 72.9 Å². The fraction of sp³-hybridized carbons (Fsp3) is 0.376. The molecule has 2 fully saturated rings. The molecule has 9 atom stereocenters. The third kappa shape index (κ3) is 31.8. The average Bonchev–Trinajstić information content (AvgIpc) is 1.67. The smallest absolute Gasteiger partial charge is 0.317 e. The van der Waals surface area contributed by atoms with Crippen LogP contribution in [0.3, 0.4) is 0 Å². The Balaban J connectivity index is 0.803. The van der Waals surface area contributed by atoms with Crippen LogP contribution in [-0.4, -0.2) is 326 Å². The Morgan fingerprint density at radius 1 is 0.438 bits per heavy atom. The first kappa shape index (κ1) is 107. The number of nitrogens with zero attached hydrogens (tertiary/aromatic N) is 6. The highest BCUT2D eigenvalue weighted by molar-refractivity contribution is 6.09. The normalized spacial score (nSPS) is 15.6. The number of aliphatic hydroxyl groups is 1. The number of hydrogen-bond acceptors (Lipinski definition) is 23. The van der Waals surface area contributed by atoms with E-state index in [9.17, 15) is 49.2 Å². The summed E-state index contributed by atoms with van der Waals surface area (Å²) in [6, 6.07) is 35.3. The number of benzene rings is 7. The van der Waals surface area contributed by atoms with Crippen LogP contribution in [0.25, 0.3) is 32.6 Å². The Morgan fingerprint density at radius 3 is 1.38 bits per heavy atom. The van der Waals surface area contributed by atoms with Crippen LogP contribution in [-0.2, 0) is 101 Å². The Labute approximate surface area is 829 Å². The number of aromatic nitrogens is 4. The highest BCUT2D eigenvalue weighted by Gasteiger charge is 2.41. The first-order chi connectivity index (χ1) is 69.4. The third-order valence-corrected chi connectivity index (χ3v) is 25.2. The summed E-state index contributed by atoms with van der Waals surface area (Å²) < 4.78 is 5.54. The number of para-hydroxylation sites is 3. The fourth-order valence-corrected chi connectivity index (χ4v) is 17.7. The number of H-pyrrole nitrogens is 3. The number of fused-ring (bicyclic) bond motifs is 3. The van der Waals surface area contributed by atoms with Gasteiger partial charge in [0.2, 0.25) is 59.1 Å². The van der Waals surface area contributed by atoms with Crippen LogP contribution in [0.15, 0.2) is 195 Å². The summed E-state index contributed by atoms with van der Waals surface area (Å²) in [5.41, 5.74) is 16.5. The van der Waals surface area contributed by atoms with Gasteiger partial charge in [0.25, 0.3) is 0 Å². The molecule has 2 aliphatic rings. The Kier molecular flexibility index (Phi) is 39.4. The number of hydrogen-bond donors (Lipinski definition) is 22. The molecule has 10 amide bonds. The van der Waals surface area contributed by atoms with Crippen molar-refractivity contribution in [2.24, 2.45) is 11.5 Å². The summed E-state index contributed by atoms with van der Waals surface area (Å²) >= 11 is 0. The molecule has 3 aromatic heterocycles. The highest BCUT2D eigenvalue weighted by atomic mass is 16.5. The van der Waals surface area contributed by atoms with Gasteiger partial charge >= 0.3 is 17.9 Å². The maximum Gasteiger partial charge on any atom is 0.317 e. The maximum absolute atomic E-state index is 15.7. The number of rotatable bonds is 49. The number of carbonyl (C=O) groups is 14. The molecule has 0 unspecified atom stereocenters. The predicted octanol–water partition coefficient (Wildman–Crippen LogP) is 0.458. The number of carboxylic acids is 3. The lowest BCUT2D eigenvalue weighted by atomic mass is 9.98. The van der Waals surface area contributed by atoms with Gasteiger partial charge in [-0.1, -0.05) is 152 Å². The SMILES string of the molecule is COc1ccccc1CNC(=O)[C@@H]1CCCN1C(=O)[C@H](Cc1ccc(C(=O)c2ccccc2)cc1)NC(=O)[C@H](Cc1c[nH]c2ccccc12)NC(=O)[C@@H](CCCNC(=N)N)NC(=O)[C@H](Cc1cnc[nH]1)NC(=O)[C@H](CO)NC(=O)[C@H](Cc1c[nH]c2ccccc12)NC(=O)[C@H](CCCNC(=N)N)NC(=O)[C@@H](Cc1ccc2ccccc2c1)NC(=O)CN1CCN(CC(=O)O)CCN(CC(=O)O)CCN(CC(=O)O)CC1. The Bertz CT molecular complexity index is 6130. The van der Waals surface area contributed by atoms with E-state index in [-0.39, 0.29) is 161 Å². The minimum absolute atomic E-state index is 0.00921. The summed E-state index contributed by atoms with van der Waals surface area (Å²) in [4.78, 5) is 224. The number of ether oxygens (including phenoxy) is 1. The predicted molar refractivity (Wildman–Crippen MR) is 533 cm³/mol. The second-order valence-corrected chi connectivity index (χ2v) is 35.6. The van der Waals surface area contributed by atoms with Gasteiger partial charge in [-0.25, -0.2) is 4.98 Å². The van der Waals surface area contributed by atoms with E-state index in [1.165, 1.54) is 24.5 Å². The van der Waals surface area contributed by atoms with E-state index in [1.807, 2.05) is 36.4 Å². The van der Waals surface area contributed by atoms with E-state index in [0.717, 1.165) is 10.8 Å². The number of likely N-dealkylation sites (tertiary alicyclic amines) is 1. The lowest BCUT2D eigenvalue weighted by Crippen LogP contribution is -2.61. The highest BCUT2D eigenvalue weighted by Crippen LogP contribution is 2.27. The van der Waals surface area contributed by atoms with E-state index < -0.39 is 170 Å². The standard InChI is InChI=1S/C101H124N24O19/c1-144-85-28-12-7-20-68(85)52-111-98(142)84-27-15-37-125(84)99(143)82(47-62-29-33-66(34-30-62)90(134)65-17-3-2-4-18-65)119-94(138)79(49-69-53-109-74-23-10-8-21-72(69)74)116-92(136)77(26-14-36-108-101(104)105)115-96(140)81(51-71-55-106-61-112-71)118-97(141)83(60-126)120-95(139)80(50-70-54-110-75-24-11-9-22-73(70)75)117-91(135)76(25-13-35-107-100(102)103)114-93(137)78(48-63-31-32-64-16-5-6-19-67(64)46-63)113-86(127)56-121-38-40-122(57-87(128)129)42-44-124(59-89(132)133)45-43-123(41-39-121)58-88(130)131/h2-12,16-24,28-34,46,53-55,61,76-84,109-110,126H,13-15,25-27,35-45,47-52,56-60H2,1H3,(H,106,112)(H,111,142)(H,113,127)(H,114,137)(H,115,140)(H,116,136)(H,117,135)(H,118,141)(H,119,138)(H,120,139)(H,128,129)(H,130,131)(H,132,133)(H4,102,103,107)(H4,104,105,108)/t76-,77+,78+,79-,80-,81-,82-,83-,84-/m0/s1. The van der Waals surface area contributed by atoms with Crippen molar-refractivity contribution in [1.29, 1.82) is 10.8 Å². The number of aliphatic hydroxyl groups excluding tert-OH is 1. The number of ketones is 1. The average molecular weight is 1980 g/mol. The Hall–Kier alpha value is -16.0. The molecule has 762 valence electrons. The van der Waals surface area contributed by atoms with Crippen LogP contribution in [0.2, 0.25) is 0 Å². The van der Waals surface area contributed by atoms with Crippen molar-refractivity contribution in [1.82, 2.24) is 103 Å².